The third-order valence-electron chi connectivity index (χ3n) is 4.43. The first-order valence-electron chi connectivity index (χ1n) is 7.53. The molecule has 0 aromatic rings. The van der Waals surface area contributed by atoms with E-state index in [1.54, 1.807) is 0 Å². The van der Waals surface area contributed by atoms with Crippen molar-refractivity contribution in [2.24, 2.45) is 17.8 Å². The lowest BCUT2D eigenvalue weighted by Crippen LogP contribution is -2.39. The molecular weight excluding hydrogens is 252 g/mol. The van der Waals surface area contributed by atoms with Gasteiger partial charge in [-0.05, 0) is 19.3 Å². The minimum atomic E-state index is -0.115. The molecule has 0 aromatic carbocycles. The minimum absolute atomic E-state index is 0.0534. The lowest BCUT2D eigenvalue weighted by molar-refractivity contribution is -0.870. The van der Waals surface area contributed by atoms with Crippen LogP contribution in [0, 0.1) is 17.8 Å². The number of imide groups is 1. The molecule has 1 aliphatic heterocycles. The molecule has 2 amide bonds. The summed E-state index contributed by atoms with van der Waals surface area (Å²) in [6, 6.07) is 0. The van der Waals surface area contributed by atoms with Gasteiger partial charge in [-0.1, -0.05) is 18.6 Å². The van der Waals surface area contributed by atoms with Crippen LogP contribution < -0.4 is 0 Å². The van der Waals surface area contributed by atoms with Crippen molar-refractivity contribution >= 4 is 11.8 Å². The number of fused-ring (bicyclic) bond motifs is 1. The number of carbonyl (C=O) groups excluding carboxylic acids is 2. The molecule has 3 atom stereocenters. The summed E-state index contributed by atoms with van der Waals surface area (Å²) in [6.45, 7) is 5.66. The van der Waals surface area contributed by atoms with Crippen LogP contribution >= 0.6 is 0 Å². The number of quaternary nitrogens is 1. The van der Waals surface area contributed by atoms with E-state index < -0.39 is 0 Å². The number of nitrogens with zero attached hydrogens (tertiary/aromatic N) is 2. The van der Waals surface area contributed by atoms with Crippen LogP contribution in [-0.2, 0) is 9.59 Å². The largest absolute Gasteiger partial charge is 0.331 e. The van der Waals surface area contributed by atoms with Crippen LogP contribution in [-0.4, -0.2) is 55.4 Å². The highest BCUT2D eigenvalue weighted by Gasteiger charge is 2.50. The molecule has 20 heavy (non-hydrogen) atoms. The zero-order chi connectivity index (χ0) is 15.1. The maximum Gasteiger partial charge on any atom is 0.233 e. The van der Waals surface area contributed by atoms with E-state index in [0.717, 1.165) is 23.9 Å². The Morgan fingerprint density at radius 3 is 2.50 bits per heavy atom. The van der Waals surface area contributed by atoms with Crippen LogP contribution in [0.25, 0.3) is 0 Å². The van der Waals surface area contributed by atoms with E-state index in [1.807, 2.05) is 0 Å². The minimum Gasteiger partial charge on any atom is -0.331 e. The van der Waals surface area contributed by atoms with E-state index >= 15 is 0 Å². The maximum absolute atomic E-state index is 12.5. The Balaban J connectivity index is 2.04. The van der Waals surface area contributed by atoms with Crippen molar-refractivity contribution in [1.82, 2.24) is 4.90 Å². The van der Waals surface area contributed by atoms with Gasteiger partial charge in [0.15, 0.2) is 0 Å². The Morgan fingerprint density at radius 1 is 1.25 bits per heavy atom. The summed E-state index contributed by atoms with van der Waals surface area (Å²) in [7, 11) is 6.38. The second-order valence-electron chi connectivity index (χ2n) is 7.40. The molecule has 1 aliphatic carbocycles. The van der Waals surface area contributed by atoms with Crippen LogP contribution in [0.15, 0.2) is 11.6 Å². The molecule has 0 bridgehead atoms. The first kappa shape index (κ1) is 15.2. The SMILES string of the molecule is CC1=C[C@H](C)[C@H]2C(=O)N(CCC[N+](C)(C)C)C(=O)[C@@H]2C1. The molecule has 0 spiro atoms. The van der Waals surface area contributed by atoms with Gasteiger partial charge < -0.3 is 4.48 Å². The first-order chi connectivity index (χ1) is 9.20. The van der Waals surface area contributed by atoms with E-state index in [0.29, 0.717) is 6.54 Å². The fourth-order valence-corrected chi connectivity index (χ4v) is 3.51. The Kier molecular flexibility index (Phi) is 4.05. The van der Waals surface area contributed by atoms with Crippen molar-refractivity contribution in [3.05, 3.63) is 11.6 Å². The number of allylic oxidation sites excluding steroid dienone is 2. The molecule has 1 saturated heterocycles. The summed E-state index contributed by atoms with van der Waals surface area (Å²) in [6.07, 6.45) is 3.79. The fourth-order valence-electron chi connectivity index (χ4n) is 3.51. The second-order valence-corrected chi connectivity index (χ2v) is 7.40. The van der Waals surface area contributed by atoms with Crippen molar-refractivity contribution in [2.75, 3.05) is 34.2 Å². The average molecular weight is 279 g/mol. The quantitative estimate of drug-likeness (QED) is 0.446. The van der Waals surface area contributed by atoms with Crippen LogP contribution in [0.2, 0.25) is 0 Å². The predicted octanol–water partition coefficient (Wildman–Crippen LogP) is 1.67. The first-order valence-corrected chi connectivity index (χ1v) is 7.53. The summed E-state index contributed by atoms with van der Waals surface area (Å²) < 4.78 is 0.861. The normalized spacial score (nSPS) is 30.6. The van der Waals surface area contributed by atoms with Crippen molar-refractivity contribution in [3.63, 3.8) is 0 Å². The van der Waals surface area contributed by atoms with E-state index in [4.69, 9.17) is 0 Å². The van der Waals surface area contributed by atoms with E-state index in [9.17, 15) is 9.59 Å². The van der Waals surface area contributed by atoms with E-state index in [1.165, 1.54) is 10.5 Å². The van der Waals surface area contributed by atoms with Crippen molar-refractivity contribution in [1.29, 1.82) is 0 Å². The smallest absolute Gasteiger partial charge is 0.233 e. The van der Waals surface area contributed by atoms with Gasteiger partial charge in [-0.25, -0.2) is 0 Å². The molecule has 0 N–H and O–H groups in total. The Morgan fingerprint density at radius 2 is 1.90 bits per heavy atom. The fraction of sp³-hybridized carbons (Fsp3) is 0.750. The second kappa shape index (κ2) is 5.32. The maximum atomic E-state index is 12.5. The van der Waals surface area contributed by atoms with E-state index in [-0.39, 0.29) is 29.6 Å². The highest BCUT2D eigenvalue weighted by molar-refractivity contribution is 6.05. The molecule has 112 valence electrons. The molecular formula is C16H27N2O2+. The van der Waals surface area contributed by atoms with Crippen LogP contribution in [0.3, 0.4) is 0 Å². The lowest BCUT2D eigenvalue weighted by Gasteiger charge is -2.25. The molecule has 0 radical (unpaired) electrons. The van der Waals surface area contributed by atoms with Gasteiger partial charge in [-0.15, -0.1) is 0 Å². The highest BCUT2D eigenvalue weighted by Crippen LogP contribution is 2.40. The van der Waals surface area contributed by atoms with Crippen molar-refractivity contribution in [2.45, 2.75) is 26.7 Å². The summed E-state index contributed by atoms with van der Waals surface area (Å²) in [4.78, 5) is 26.5. The van der Waals surface area contributed by atoms with Gasteiger partial charge in [0, 0.05) is 13.0 Å². The summed E-state index contributed by atoms with van der Waals surface area (Å²) in [5, 5.41) is 0. The molecule has 4 heteroatoms. The zero-order valence-electron chi connectivity index (χ0n) is 13.3. The molecule has 1 fully saturated rings. The number of amides is 2. The van der Waals surface area contributed by atoms with Gasteiger partial charge >= 0.3 is 0 Å². The van der Waals surface area contributed by atoms with Gasteiger partial charge in [0.2, 0.25) is 11.8 Å². The molecule has 0 unspecified atom stereocenters. The number of hydrogen-bond donors (Lipinski definition) is 0. The molecule has 2 rings (SSSR count). The molecule has 1 heterocycles. The topological polar surface area (TPSA) is 37.4 Å². The van der Waals surface area contributed by atoms with Crippen LogP contribution in [0.1, 0.15) is 26.7 Å². The predicted molar refractivity (Wildman–Crippen MR) is 78.8 cm³/mol. The van der Waals surface area contributed by atoms with Gasteiger partial charge in [0.25, 0.3) is 0 Å². The van der Waals surface area contributed by atoms with Crippen LogP contribution in [0.5, 0.6) is 0 Å². The number of carbonyl (C=O) groups is 2. The van der Waals surface area contributed by atoms with Gasteiger partial charge in [0.05, 0.1) is 39.5 Å². The molecule has 0 saturated carbocycles. The van der Waals surface area contributed by atoms with Crippen molar-refractivity contribution in [3.8, 4) is 0 Å². The standard InChI is InChI=1S/C16H27N2O2/c1-11-9-12(2)14-13(10-11)15(19)17(16(14)20)7-6-8-18(3,4)5/h9,12-14H,6-8,10H2,1-5H3/q+1/t12-,13+,14+/m0/s1. The average Bonchev–Trinajstić information content (AvgIpc) is 2.52. The lowest BCUT2D eigenvalue weighted by atomic mass is 9.76. The van der Waals surface area contributed by atoms with Gasteiger partial charge in [-0.3, -0.25) is 14.5 Å². The summed E-state index contributed by atoms with van der Waals surface area (Å²) in [5.41, 5.74) is 1.24. The van der Waals surface area contributed by atoms with Gasteiger partial charge in [0.1, 0.15) is 0 Å². The van der Waals surface area contributed by atoms with Crippen molar-refractivity contribution < 1.29 is 14.1 Å². The Hall–Kier alpha value is -1.16. The third kappa shape index (κ3) is 2.95. The Labute approximate surface area is 122 Å². The molecule has 4 nitrogen and oxygen atoms in total. The number of hydrogen-bond acceptors (Lipinski definition) is 2. The monoisotopic (exact) mass is 279 g/mol. The van der Waals surface area contributed by atoms with Gasteiger partial charge in [-0.2, -0.15) is 0 Å². The summed E-state index contributed by atoms with van der Waals surface area (Å²) >= 11 is 0. The highest BCUT2D eigenvalue weighted by atomic mass is 16.2. The number of rotatable bonds is 4. The Bertz CT molecular complexity index is 448. The zero-order valence-corrected chi connectivity index (χ0v) is 13.3. The molecule has 2 aliphatic rings. The van der Waals surface area contributed by atoms with E-state index in [2.05, 4.69) is 41.1 Å². The summed E-state index contributed by atoms with van der Waals surface area (Å²) in [5.74, 6) is 0.0777. The third-order valence-corrected chi connectivity index (χ3v) is 4.43. The molecule has 0 aromatic heterocycles. The number of likely N-dealkylation sites (tertiary alicyclic amines) is 1. The van der Waals surface area contributed by atoms with Crippen LogP contribution in [0.4, 0.5) is 0 Å².